The molecule has 4 heteroatoms. The van der Waals surface area contributed by atoms with Crippen LogP contribution in [0.2, 0.25) is 0 Å². The Morgan fingerprint density at radius 2 is 2.06 bits per heavy atom. The standard InChI is InChI=1S/C13H22N2O2.CH4/c1-2-3-8-14-10-11-15(12-14)9-6-4-5-7-13(16)17;/h10-12H,2-9H2,1H3;1H4. The summed E-state index contributed by atoms with van der Waals surface area (Å²) in [7, 11) is 0. The summed E-state index contributed by atoms with van der Waals surface area (Å²) in [5.41, 5.74) is 0. The van der Waals surface area contributed by atoms with Gasteiger partial charge in [0.15, 0.2) is 0 Å². The number of unbranched alkanes of at least 4 members (excludes halogenated alkanes) is 3. The lowest BCUT2D eigenvalue weighted by Gasteiger charge is -2.00. The monoisotopic (exact) mass is 254 g/mol. The molecule has 4 nitrogen and oxygen atoms in total. The number of aliphatic carboxylic acids is 1. The van der Waals surface area contributed by atoms with E-state index in [1.165, 1.54) is 12.8 Å². The fourth-order valence-electron chi connectivity index (χ4n) is 1.78. The number of carbonyl (C=O) groups is 1. The maximum Gasteiger partial charge on any atom is 0.243 e. The van der Waals surface area contributed by atoms with Crippen LogP contribution >= 0.6 is 0 Å². The van der Waals surface area contributed by atoms with Gasteiger partial charge in [0, 0.05) is 5.97 Å². The van der Waals surface area contributed by atoms with Crippen LogP contribution in [0.4, 0.5) is 0 Å². The van der Waals surface area contributed by atoms with Gasteiger partial charge in [0.2, 0.25) is 6.33 Å². The minimum absolute atomic E-state index is 0. The molecule has 0 spiro atoms. The fraction of sp³-hybridized carbons (Fsp3) is 0.714. The molecule has 0 N–H and O–H groups in total. The third-order valence-corrected chi connectivity index (χ3v) is 2.81. The Morgan fingerprint density at radius 1 is 1.28 bits per heavy atom. The van der Waals surface area contributed by atoms with Gasteiger partial charge in [0.25, 0.3) is 0 Å². The normalized spacial score (nSPS) is 10.1. The van der Waals surface area contributed by atoms with Gasteiger partial charge in [-0.1, -0.05) is 20.8 Å². The summed E-state index contributed by atoms with van der Waals surface area (Å²) in [6, 6.07) is 0. The van der Waals surface area contributed by atoms with Crippen molar-refractivity contribution < 1.29 is 14.5 Å². The molecule has 1 rings (SSSR count). The number of hydrogen-bond acceptors (Lipinski definition) is 2. The summed E-state index contributed by atoms with van der Waals surface area (Å²) in [5, 5.41) is 10.2. The van der Waals surface area contributed by atoms with E-state index in [0.717, 1.165) is 32.4 Å². The van der Waals surface area contributed by atoms with E-state index in [1.54, 1.807) is 0 Å². The summed E-state index contributed by atoms with van der Waals surface area (Å²) in [4.78, 5) is 10.2. The lowest BCUT2D eigenvalue weighted by molar-refractivity contribution is -0.696. The van der Waals surface area contributed by atoms with E-state index in [0.29, 0.717) is 0 Å². The van der Waals surface area contributed by atoms with Crippen LogP contribution < -0.4 is 9.67 Å². The third-order valence-electron chi connectivity index (χ3n) is 2.81. The second-order valence-electron chi connectivity index (χ2n) is 4.43. The molecule has 0 bridgehead atoms. The van der Waals surface area contributed by atoms with Gasteiger partial charge in [-0.3, -0.25) is 0 Å². The molecule has 0 saturated heterocycles. The van der Waals surface area contributed by atoms with E-state index < -0.39 is 5.97 Å². The van der Waals surface area contributed by atoms with Crippen molar-refractivity contribution in [2.45, 2.75) is 66.0 Å². The molecular weight excluding hydrogens is 228 g/mol. The summed E-state index contributed by atoms with van der Waals surface area (Å²) in [6.07, 6.45) is 11.6. The largest absolute Gasteiger partial charge is 0.550 e. The zero-order chi connectivity index (χ0) is 12.5. The highest BCUT2D eigenvalue weighted by atomic mass is 16.4. The predicted molar refractivity (Wildman–Crippen MR) is 69.7 cm³/mol. The number of carbonyl (C=O) groups excluding carboxylic acids is 1. The molecule has 0 aliphatic rings. The van der Waals surface area contributed by atoms with Crippen molar-refractivity contribution in [1.29, 1.82) is 0 Å². The van der Waals surface area contributed by atoms with Crippen LogP contribution in [0.15, 0.2) is 18.7 Å². The van der Waals surface area contributed by atoms with Gasteiger partial charge in [0.1, 0.15) is 12.4 Å². The number of imidazole rings is 1. The van der Waals surface area contributed by atoms with E-state index in [2.05, 4.69) is 34.8 Å². The molecule has 0 amide bonds. The number of rotatable bonds is 9. The van der Waals surface area contributed by atoms with Crippen molar-refractivity contribution in [1.82, 2.24) is 4.57 Å². The van der Waals surface area contributed by atoms with Crippen molar-refractivity contribution in [3.05, 3.63) is 18.7 Å². The molecule has 0 aromatic carbocycles. The first-order valence-electron chi connectivity index (χ1n) is 6.47. The maximum absolute atomic E-state index is 10.2. The molecule has 0 aliphatic heterocycles. The van der Waals surface area contributed by atoms with Crippen LogP contribution in [0, 0.1) is 0 Å². The average molecular weight is 254 g/mol. The summed E-state index contributed by atoms with van der Waals surface area (Å²) in [5.74, 6) is -0.941. The smallest absolute Gasteiger partial charge is 0.243 e. The van der Waals surface area contributed by atoms with Crippen LogP contribution in [0.3, 0.4) is 0 Å². The fourth-order valence-corrected chi connectivity index (χ4v) is 1.78. The topological polar surface area (TPSA) is 48.9 Å². The van der Waals surface area contributed by atoms with Crippen LogP contribution in [0.5, 0.6) is 0 Å². The molecule has 0 radical (unpaired) electrons. The summed E-state index contributed by atoms with van der Waals surface area (Å²) in [6.45, 7) is 4.23. The second-order valence-corrected chi connectivity index (χ2v) is 4.43. The molecular formula is C14H26N2O2. The number of aryl methyl sites for hydroxylation is 2. The van der Waals surface area contributed by atoms with Gasteiger partial charge >= 0.3 is 0 Å². The maximum atomic E-state index is 10.2. The van der Waals surface area contributed by atoms with E-state index in [1.807, 2.05) is 0 Å². The lowest BCUT2D eigenvalue weighted by atomic mass is 10.2. The number of carboxylic acid groups (broad SMARTS) is 1. The van der Waals surface area contributed by atoms with Crippen molar-refractivity contribution in [2.75, 3.05) is 0 Å². The van der Waals surface area contributed by atoms with E-state index in [-0.39, 0.29) is 13.8 Å². The number of aromatic nitrogens is 2. The van der Waals surface area contributed by atoms with Crippen LogP contribution in [-0.2, 0) is 17.9 Å². The first-order valence-corrected chi connectivity index (χ1v) is 6.47. The van der Waals surface area contributed by atoms with E-state index in [9.17, 15) is 9.90 Å². The van der Waals surface area contributed by atoms with Crippen molar-refractivity contribution in [2.24, 2.45) is 0 Å². The summed E-state index contributed by atoms with van der Waals surface area (Å²) < 4.78 is 4.36. The molecule has 1 aromatic heterocycles. The van der Waals surface area contributed by atoms with Gasteiger partial charge in [-0.15, -0.1) is 0 Å². The lowest BCUT2D eigenvalue weighted by Crippen LogP contribution is -2.31. The summed E-state index contributed by atoms with van der Waals surface area (Å²) >= 11 is 0. The highest BCUT2D eigenvalue weighted by Crippen LogP contribution is 1.99. The highest BCUT2D eigenvalue weighted by Gasteiger charge is 2.02. The third kappa shape index (κ3) is 7.09. The molecule has 0 fully saturated rings. The van der Waals surface area contributed by atoms with Gasteiger partial charge in [-0.2, -0.15) is 0 Å². The average Bonchev–Trinajstić information content (AvgIpc) is 2.73. The molecule has 0 aliphatic carbocycles. The Kier molecular flexibility index (Phi) is 8.97. The van der Waals surface area contributed by atoms with E-state index >= 15 is 0 Å². The molecule has 0 atom stereocenters. The zero-order valence-electron chi connectivity index (χ0n) is 10.6. The molecule has 1 heterocycles. The number of hydrogen-bond donors (Lipinski definition) is 0. The molecule has 18 heavy (non-hydrogen) atoms. The predicted octanol–water partition coefficient (Wildman–Crippen LogP) is 1.52. The van der Waals surface area contributed by atoms with Gasteiger partial charge in [-0.05, 0) is 32.1 Å². The Balaban J connectivity index is 0.00000289. The Hall–Kier alpha value is -1.32. The first kappa shape index (κ1) is 16.7. The van der Waals surface area contributed by atoms with Crippen LogP contribution in [-0.4, -0.2) is 10.5 Å². The Labute approximate surface area is 110 Å². The van der Waals surface area contributed by atoms with Gasteiger partial charge in [0.05, 0.1) is 13.1 Å². The van der Waals surface area contributed by atoms with Crippen LogP contribution in [0.1, 0.15) is 52.9 Å². The van der Waals surface area contributed by atoms with Gasteiger partial charge < -0.3 is 9.90 Å². The Morgan fingerprint density at radius 3 is 2.72 bits per heavy atom. The minimum atomic E-state index is -0.941. The molecule has 0 unspecified atom stereocenters. The van der Waals surface area contributed by atoms with Crippen LogP contribution in [0.25, 0.3) is 0 Å². The van der Waals surface area contributed by atoms with E-state index in [4.69, 9.17) is 0 Å². The van der Waals surface area contributed by atoms with Gasteiger partial charge in [-0.25, -0.2) is 9.13 Å². The zero-order valence-corrected chi connectivity index (χ0v) is 10.6. The quantitative estimate of drug-likeness (QED) is 0.495. The van der Waals surface area contributed by atoms with Crippen molar-refractivity contribution in [3.8, 4) is 0 Å². The molecule has 1 aromatic rings. The van der Waals surface area contributed by atoms with Crippen molar-refractivity contribution in [3.63, 3.8) is 0 Å². The highest BCUT2D eigenvalue weighted by molar-refractivity contribution is 5.63. The SMILES string of the molecule is C.CCCCn1cc[n+](CCCCCC(=O)[O-])c1. The van der Waals surface area contributed by atoms with Crippen molar-refractivity contribution >= 4 is 5.97 Å². The number of carboxylic acids is 1. The first-order chi connectivity index (χ1) is 8.22. The second kappa shape index (κ2) is 9.68. The minimum Gasteiger partial charge on any atom is -0.550 e. The molecule has 0 saturated carbocycles. The molecule has 104 valence electrons. The number of nitrogens with zero attached hydrogens (tertiary/aromatic N) is 2. The Bertz CT molecular complexity index is 334.